The van der Waals surface area contributed by atoms with Crippen LogP contribution in [0.1, 0.15) is 32.4 Å². The Kier molecular flexibility index (Phi) is 5.73. The Labute approximate surface area is 128 Å². The van der Waals surface area contributed by atoms with E-state index < -0.39 is 0 Å². The van der Waals surface area contributed by atoms with Crippen LogP contribution >= 0.6 is 22.7 Å². The van der Waals surface area contributed by atoms with Crippen molar-refractivity contribution < 1.29 is 4.79 Å². The lowest BCUT2D eigenvalue weighted by atomic mass is 10.1. The van der Waals surface area contributed by atoms with Gasteiger partial charge in [0.2, 0.25) is 5.91 Å². The van der Waals surface area contributed by atoms with Crippen molar-refractivity contribution in [3.63, 3.8) is 0 Å². The number of thiazole rings is 1. The number of carbonyl (C=O) groups is 1. The van der Waals surface area contributed by atoms with Gasteiger partial charge in [0, 0.05) is 11.9 Å². The summed E-state index contributed by atoms with van der Waals surface area (Å²) in [6, 6.07) is 4.07. The average molecular weight is 308 g/mol. The molecule has 3 nitrogen and oxygen atoms in total. The van der Waals surface area contributed by atoms with E-state index in [0.717, 1.165) is 30.1 Å². The van der Waals surface area contributed by atoms with Crippen molar-refractivity contribution in [2.75, 3.05) is 6.54 Å². The second kappa shape index (κ2) is 7.55. The maximum atomic E-state index is 11.8. The Morgan fingerprint density at radius 3 is 2.95 bits per heavy atom. The number of thiophene rings is 1. The second-order valence-electron chi connectivity index (χ2n) is 5.18. The van der Waals surface area contributed by atoms with Gasteiger partial charge in [-0.2, -0.15) is 0 Å². The Balaban J connectivity index is 1.77. The molecule has 2 aromatic heterocycles. The average Bonchev–Trinajstić information content (AvgIpc) is 3.04. The first-order chi connectivity index (χ1) is 9.65. The van der Waals surface area contributed by atoms with Crippen molar-refractivity contribution in [2.24, 2.45) is 5.92 Å². The third-order valence-electron chi connectivity index (χ3n) is 2.91. The van der Waals surface area contributed by atoms with Gasteiger partial charge in [0.05, 0.1) is 17.0 Å². The fraction of sp³-hybridized carbons (Fsp3) is 0.467. The molecular formula is C15H20N2OS2. The van der Waals surface area contributed by atoms with Crippen LogP contribution in [0.2, 0.25) is 0 Å². The van der Waals surface area contributed by atoms with Crippen LogP contribution in [-0.4, -0.2) is 17.4 Å². The lowest BCUT2D eigenvalue weighted by Gasteiger charge is -2.05. The predicted molar refractivity (Wildman–Crippen MR) is 86.2 cm³/mol. The molecule has 0 saturated heterocycles. The fourth-order valence-electron chi connectivity index (χ4n) is 1.87. The molecule has 0 aliphatic rings. The van der Waals surface area contributed by atoms with Gasteiger partial charge < -0.3 is 5.32 Å². The summed E-state index contributed by atoms with van der Waals surface area (Å²) in [7, 11) is 0. The number of rotatable bonds is 7. The number of aromatic nitrogens is 1. The quantitative estimate of drug-likeness (QED) is 0.786. The molecule has 0 aliphatic carbocycles. The monoisotopic (exact) mass is 308 g/mol. The molecule has 0 spiro atoms. The summed E-state index contributed by atoms with van der Waals surface area (Å²) in [5, 5.41) is 7.98. The van der Waals surface area contributed by atoms with Crippen LogP contribution in [0.4, 0.5) is 0 Å². The SMILES string of the molecule is CC(C)CCCNC(=O)Cc1csc(-c2cccs2)n1. The van der Waals surface area contributed by atoms with Crippen LogP contribution in [0.5, 0.6) is 0 Å². The molecule has 108 valence electrons. The minimum absolute atomic E-state index is 0.0665. The number of nitrogens with one attached hydrogen (secondary N) is 1. The van der Waals surface area contributed by atoms with E-state index in [-0.39, 0.29) is 5.91 Å². The van der Waals surface area contributed by atoms with E-state index in [4.69, 9.17) is 0 Å². The van der Waals surface area contributed by atoms with Gasteiger partial charge in [-0.05, 0) is 30.2 Å². The van der Waals surface area contributed by atoms with Gasteiger partial charge in [0.25, 0.3) is 0 Å². The maximum Gasteiger partial charge on any atom is 0.226 e. The lowest BCUT2D eigenvalue weighted by Crippen LogP contribution is -2.26. The number of hydrogen-bond acceptors (Lipinski definition) is 4. The first kappa shape index (κ1) is 15.2. The van der Waals surface area contributed by atoms with Crippen molar-refractivity contribution in [1.29, 1.82) is 0 Å². The molecule has 0 saturated carbocycles. The van der Waals surface area contributed by atoms with Gasteiger partial charge in [0.1, 0.15) is 5.01 Å². The number of hydrogen-bond donors (Lipinski definition) is 1. The molecule has 0 fully saturated rings. The Hall–Kier alpha value is -1.20. The molecule has 0 atom stereocenters. The van der Waals surface area contributed by atoms with Crippen molar-refractivity contribution >= 4 is 28.6 Å². The normalized spacial score (nSPS) is 10.9. The van der Waals surface area contributed by atoms with Crippen molar-refractivity contribution in [2.45, 2.75) is 33.1 Å². The molecule has 2 aromatic rings. The van der Waals surface area contributed by atoms with Gasteiger partial charge in [0.15, 0.2) is 0 Å². The summed E-state index contributed by atoms with van der Waals surface area (Å²) in [5.74, 6) is 0.760. The van der Waals surface area contributed by atoms with Crippen molar-refractivity contribution in [3.05, 3.63) is 28.6 Å². The zero-order valence-corrected chi connectivity index (χ0v) is 13.5. The van der Waals surface area contributed by atoms with E-state index in [2.05, 4.69) is 30.2 Å². The highest BCUT2D eigenvalue weighted by molar-refractivity contribution is 7.20. The Morgan fingerprint density at radius 2 is 2.25 bits per heavy atom. The third kappa shape index (κ3) is 4.72. The van der Waals surface area contributed by atoms with Gasteiger partial charge >= 0.3 is 0 Å². The highest BCUT2D eigenvalue weighted by atomic mass is 32.1. The largest absolute Gasteiger partial charge is 0.356 e. The van der Waals surface area contributed by atoms with Gasteiger partial charge in [-0.25, -0.2) is 4.98 Å². The van der Waals surface area contributed by atoms with Crippen molar-refractivity contribution in [1.82, 2.24) is 10.3 Å². The van der Waals surface area contributed by atoms with Gasteiger partial charge in [-0.1, -0.05) is 19.9 Å². The van der Waals surface area contributed by atoms with E-state index in [0.29, 0.717) is 12.3 Å². The zero-order chi connectivity index (χ0) is 14.4. The topological polar surface area (TPSA) is 42.0 Å². The summed E-state index contributed by atoms with van der Waals surface area (Å²) in [5.41, 5.74) is 0.861. The number of carbonyl (C=O) groups excluding carboxylic acids is 1. The molecule has 2 heterocycles. The summed E-state index contributed by atoms with van der Waals surface area (Å²) in [4.78, 5) is 17.5. The summed E-state index contributed by atoms with van der Waals surface area (Å²) in [6.45, 7) is 5.16. The molecule has 0 radical (unpaired) electrons. The maximum absolute atomic E-state index is 11.8. The van der Waals surface area contributed by atoms with Gasteiger partial charge in [-0.15, -0.1) is 22.7 Å². The van der Waals surface area contributed by atoms with E-state index in [1.807, 2.05) is 16.8 Å². The molecule has 1 N–H and O–H groups in total. The van der Waals surface area contributed by atoms with Crippen LogP contribution in [0.25, 0.3) is 9.88 Å². The highest BCUT2D eigenvalue weighted by Gasteiger charge is 2.09. The smallest absolute Gasteiger partial charge is 0.226 e. The summed E-state index contributed by atoms with van der Waals surface area (Å²) < 4.78 is 0. The van der Waals surface area contributed by atoms with E-state index in [1.165, 1.54) is 4.88 Å². The molecular weight excluding hydrogens is 288 g/mol. The molecule has 0 aromatic carbocycles. The first-order valence-corrected chi connectivity index (χ1v) is 8.66. The predicted octanol–water partition coefficient (Wildman–Crippen LogP) is 3.97. The highest BCUT2D eigenvalue weighted by Crippen LogP contribution is 2.27. The molecule has 0 bridgehead atoms. The molecule has 0 unspecified atom stereocenters. The molecule has 5 heteroatoms. The van der Waals surface area contributed by atoms with Gasteiger partial charge in [-0.3, -0.25) is 4.79 Å². The van der Waals surface area contributed by atoms with Crippen molar-refractivity contribution in [3.8, 4) is 9.88 Å². The van der Waals surface area contributed by atoms with Crippen LogP contribution in [-0.2, 0) is 11.2 Å². The van der Waals surface area contributed by atoms with E-state index in [1.54, 1.807) is 22.7 Å². The van der Waals surface area contributed by atoms with Crippen LogP contribution in [0.3, 0.4) is 0 Å². The van der Waals surface area contributed by atoms with E-state index >= 15 is 0 Å². The minimum Gasteiger partial charge on any atom is -0.356 e. The Bertz CT molecular complexity index is 532. The second-order valence-corrected chi connectivity index (χ2v) is 6.99. The molecule has 2 rings (SSSR count). The fourth-order valence-corrected chi connectivity index (χ4v) is 3.50. The molecule has 0 aliphatic heterocycles. The molecule has 20 heavy (non-hydrogen) atoms. The Morgan fingerprint density at radius 1 is 1.40 bits per heavy atom. The van der Waals surface area contributed by atoms with E-state index in [9.17, 15) is 4.79 Å². The third-order valence-corrected chi connectivity index (χ3v) is 4.84. The summed E-state index contributed by atoms with van der Waals surface area (Å²) in [6.07, 6.45) is 2.57. The standard InChI is InChI=1S/C15H20N2OS2/c1-11(2)5-3-7-16-14(18)9-12-10-20-15(17-12)13-6-4-8-19-13/h4,6,8,10-11H,3,5,7,9H2,1-2H3,(H,16,18). The lowest BCUT2D eigenvalue weighted by molar-refractivity contribution is -0.120. The van der Waals surface area contributed by atoms with Crippen LogP contribution in [0.15, 0.2) is 22.9 Å². The number of nitrogens with zero attached hydrogens (tertiary/aromatic N) is 1. The van der Waals surface area contributed by atoms with Crippen LogP contribution in [0, 0.1) is 5.92 Å². The molecule has 1 amide bonds. The van der Waals surface area contributed by atoms with Crippen LogP contribution < -0.4 is 5.32 Å². The summed E-state index contributed by atoms with van der Waals surface area (Å²) >= 11 is 3.28. The first-order valence-electron chi connectivity index (χ1n) is 6.90. The zero-order valence-electron chi connectivity index (χ0n) is 11.9. The number of amides is 1. The minimum atomic E-state index is 0.0665.